The highest BCUT2D eigenvalue weighted by Gasteiger charge is 2.64. The number of alkyl halides is 2. The van der Waals surface area contributed by atoms with Gasteiger partial charge in [-0.3, -0.25) is 0 Å². The number of allylic oxidation sites excluding steroid dienone is 1. The van der Waals surface area contributed by atoms with Gasteiger partial charge in [-0.25, -0.2) is 0 Å². The Kier molecular flexibility index (Phi) is 7.03. The van der Waals surface area contributed by atoms with E-state index in [4.69, 9.17) is 37.1 Å². The van der Waals surface area contributed by atoms with Crippen molar-refractivity contribution in [2.24, 2.45) is 22.7 Å². The summed E-state index contributed by atoms with van der Waals surface area (Å²) < 4.78 is 18.8. The zero-order valence-corrected chi connectivity index (χ0v) is 24.7. The van der Waals surface area contributed by atoms with Crippen LogP contribution in [0.2, 0.25) is 18.1 Å². The Morgan fingerprint density at radius 2 is 1.61 bits per heavy atom. The summed E-state index contributed by atoms with van der Waals surface area (Å²) in [5.74, 6) is 0.687. The summed E-state index contributed by atoms with van der Waals surface area (Å²) in [4.78, 5) is -0.365. The largest absolute Gasteiger partial charge is 0.413 e. The van der Waals surface area contributed by atoms with Crippen molar-refractivity contribution in [3.8, 4) is 0 Å². The molecule has 3 nitrogen and oxygen atoms in total. The predicted molar refractivity (Wildman–Crippen MR) is 140 cm³/mol. The molecule has 0 aliphatic heterocycles. The summed E-state index contributed by atoms with van der Waals surface area (Å²) in [5, 5.41) is 0.235. The van der Waals surface area contributed by atoms with Gasteiger partial charge in [-0.1, -0.05) is 38.8 Å². The zero-order chi connectivity index (χ0) is 24.4. The van der Waals surface area contributed by atoms with Crippen LogP contribution in [0.3, 0.4) is 0 Å². The van der Waals surface area contributed by atoms with E-state index in [1.807, 2.05) is 0 Å². The van der Waals surface area contributed by atoms with Gasteiger partial charge in [0.1, 0.15) is 4.84 Å². The number of methoxy groups -OCH3 is 2. The van der Waals surface area contributed by atoms with Crippen LogP contribution in [0.25, 0.3) is 0 Å². The average molecular weight is 518 g/mol. The molecule has 2 saturated carbocycles. The van der Waals surface area contributed by atoms with Gasteiger partial charge < -0.3 is 13.9 Å². The van der Waals surface area contributed by atoms with Crippen LogP contribution in [-0.2, 0) is 13.9 Å². The highest BCUT2D eigenvalue weighted by atomic mass is 35.5. The predicted octanol–water partition coefficient (Wildman–Crippen LogP) is 8.26. The van der Waals surface area contributed by atoms with Gasteiger partial charge in [0.2, 0.25) is 0 Å². The molecule has 0 bridgehead atoms. The molecule has 4 rings (SSSR count). The Hall–Kier alpha value is 0.417. The fourth-order valence-corrected chi connectivity index (χ4v) is 10.1. The van der Waals surface area contributed by atoms with Crippen molar-refractivity contribution < 1.29 is 13.9 Å². The van der Waals surface area contributed by atoms with Crippen LogP contribution in [0, 0.1) is 22.7 Å². The molecule has 0 unspecified atom stereocenters. The SMILES string of the molecule is COC1(OC)CCC2=C(CC[C@H]3[C@@H]4CC[C@H](O[Si](C)(C)C(C)(C)C)[C@@]4(C)CC[C@]23C(Cl)Cl)C1. The Morgan fingerprint density at radius 3 is 2.18 bits per heavy atom. The van der Waals surface area contributed by atoms with Gasteiger partial charge in [-0.05, 0) is 80.3 Å². The van der Waals surface area contributed by atoms with E-state index < -0.39 is 14.1 Å². The molecule has 0 radical (unpaired) electrons. The van der Waals surface area contributed by atoms with Crippen molar-refractivity contribution in [2.45, 2.75) is 120 Å². The molecule has 0 N–H and O–H groups in total. The second-order valence-electron chi connectivity index (χ2n) is 13.1. The van der Waals surface area contributed by atoms with E-state index in [2.05, 4.69) is 40.8 Å². The lowest BCUT2D eigenvalue weighted by molar-refractivity contribution is -0.214. The molecular weight excluding hydrogens is 471 g/mol. The molecule has 0 spiro atoms. The van der Waals surface area contributed by atoms with Crippen molar-refractivity contribution in [3.05, 3.63) is 11.1 Å². The molecule has 6 heteroatoms. The average Bonchev–Trinajstić information content (AvgIpc) is 3.07. The Bertz CT molecular complexity index is 785. The van der Waals surface area contributed by atoms with Crippen molar-refractivity contribution in [1.82, 2.24) is 0 Å². The number of hydrogen-bond acceptors (Lipinski definition) is 3. The summed E-state index contributed by atoms with van der Waals surface area (Å²) in [6.45, 7) is 14.4. The van der Waals surface area contributed by atoms with Gasteiger partial charge >= 0.3 is 0 Å². The molecule has 2 fully saturated rings. The lowest BCUT2D eigenvalue weighted by Gasteiger charge is -2.60. The van der Waals surface area contributed by atoms with Crippen LogP contribution in [0.4, 0.5) is 0 Å². The van der Waals surface area contributed by atoms with E-state index in [0.29, 0.717) is 17.9 Å². The molecule has 0 heterocycles. The second-order valence-corrected chi connectivity index (χ2v) is 19.0. The molecule has 33 heavy (non-hydrogen) atoms. The summed E-state index contributed by atoms with van der Waals surface area (Å²) >= 11 is 13.9. The number of rotatable bonds is 5. The zero-order valence-electron chi connectivity index (χ0n) is 22.2. The molecule has 0 aromatic heterocycles. The molecule has 0 aromatic rings. The van der Waals surface area contributed by atoms with Crippen LogP contribution in [0.1, 0.15) is 85.5 Å². The normalized spacial score (nSPS) is 38.8. The first-order valence-electron chi connectivity index (χ1n) is 13.0. The lowest BCUT2D eigenvalue weighted by Crippen LogP contribution is -2.56. The van der Waals surface area contributed by atoms with Crippen molar-refractivity contribution in [1.29, 1.82) is 0 Å². The van der Waals surface area contributed by atoms with Crippen LogP contribution >= 0.6 is 23.2 Å². The van der Waals surface area contributed by atoms with Gasteiger partial charge in [0.25, 0.3) is 0 Å². The van der Waals surface area contributed by atoms with E-state index in [1.165, 1.54) is 24.8 Å². The summed E-state index contributed by atoms with van der Waals surface area (Å²) in [7, 11) is 1.73. The van der Waals surface area contributed by atoms with Crippen LogP contribution in [0.15, 0.2) is 11.1 Å². The monoisotopic (exact) mass is 516 g/mol. The maximum atomic E-state index is 7.10. The van der Waals surface area contributed by atoms with E-state index >= 15 is 0 Å². The van der Waals surface area contributed by atoms with Crippen molar-refractivity contribution in [2.75, 3.05) is 14.2 Å². The fraction of sp³-hybridized carbons (Fsp3) is 0.926. The minimum absolute atomic E-state index is 0.0968. The highest BCUT2D eigenvalue weighted by molar-refractivity contribution is 6.74. The summed E-state index contributed by atoms with van der Waals surface area (Å²) in [6.07, 6.45) is 10.0. The molecule has 190 valence electrons. The molecule has 4 aliphatic rings. The van der Waals surface area contributed by atoms with Gasteiger partial charge in [0.15, 0.2) is 14.1 Å². The molecule has 0 saturated heterocycles. The van der Waals surface area contributed by atoms with Gasteiger partial charge in [-0.15, -0.1) is 23.2 Å². The molecular formula is C27H46Cl2O3Si. The van der Waals surface area contributed by atoms with Crippen molar-refractivity contribution >= 4 is 31.5 Å². The Balaban J connectivity index is 1.66. The van der Waals surface area contributed by atoms with Gasteiger partial charge in [0, 0.05) is 32.5 Å². The summed E-state index contributed by atoms with van der Waals surface area (Å²) in [5.41, 5.74) is 3.18. The molecule has 0 aromatic carbocycles. The smallest absolute Gasteiger partial charge is 0.192 e. The van der Waals surface area contributed by atoms with E-state index in [1.54, 1.807) is 19.8 Å². The molecule has 5 atom stereocenters. The summed E-state index contributed by atoms with van der Waals surface area (Å²) in [6, 6.07) is 0. The first-order chi connectivity index (χ1) is 15.3. The highest BCUT2D eigenvalue weighted by Crippen LogP contribution is 2.69. The topological polar surface area (TPSA) is 27.7 Å². The number of fused-ring (bicyclic) bond motifs is 4. The first-order valence-corrected chi connectivity index (χ1v) is 16.8. The van der Waals surface area contributed by atoms with Gasteiger partial charge in [0.05, 0.1) is 6.10 Å². The number of hydrogen-bond donors (Lipinski definition) is 0. The standard InChI is InChI=1S/C27H46Cl2O3Si/c1-24(2,3)33(7,8)32-22-12-11-20-21-10-9-18-17-26(30-5,31-6)14-13-19(18)27(21,23(28)29)16-15-25(20,22)4/h20-23H,9-17H2,1-8H3/t20-,21-,22-,25-,27-/m0/s1. The van der Waals surface area contributed by atoms with Crippen molar-refractivity contribution in [3.63, 3.8) is 0 Å². The maximum absolute atomic E-state index is 7.10. The van der Waals surface area contributed by atoms with Crippen LogP contribution in [0.5, 0.6) is 0 Å². The maximum Gasteiger partial charge on any atom is 0.192 e. The third kappa shape index (κ3) is 4.02. The minimum Gasteiger partial charge on any atom is -0.413 e. The minimum atomic E-state index is -1.82. The third-order valence-electron chi connectivity index (χ3n) is 10.9. The molecule has 0 amide bonds. The van der Waals surface area contributed by atoms with Crippen LogP contribution < -0.4 is 0 Å². The lowest BCUT2D eigenvalue weighted by atomic mass is 9.47. The first kappa shape index (κ1) is 26.5. The Labute approximate surface area is 213 Å². The molecule has 4 aliphatic carbocycles. The second kappa shape index (κ2) is 8.77. The Morgan fingerprint density at radius 1 is 0.939 bits per heavy atom. The van der Waals surface area contributed by atoms with Crippen LogP contribution in [-0.4, -0.2) is 39.3 Å². The van der Waals surface area contributed by atoms with Gasteiger partial charge in [-0.2, -0.15) is 0 Å². The van der Waals surface area contributed by atoms with E-state index in [0.717, 1.165) is 38.5 Å². The van der Waals surface area contributed by atoms with E-state index in [9.17, 15) is 0 Å². The fourth-order valence-electron chi connectivity index (χ4n) is 7.79. The quantitative estimate of drug-likeness (QED) is 0.159. The van der Waals surface area contributed by atoms with E-state index in [-0.39, 0.29) is 20.7 Å². The number of ether oxygens (including phenoxy) is 2. The third-order valence-corrected chi connectivity index (χ3v) is 16.2. The number of halogens is 2.